The number of hydrazone groups is 1. The first-order valence-electron chi connectivity index (χ1n) is 10.4. The van der Waals surface area contributed by atoms with E-state index < -0.39 is 11.6 Å². The Kier molecular flexibility index (Phi) is 7.28. The molecule has 4 aromatic carbocycles. The highest BCUT2D eigenvalue weighted by atomic mass is 19.1. The largest absolute Gasteiger partial charge is 0.485 e. The van der Waals surface area contributed by atoms with Crippen LogP contribution in [0.25, 0.3) is 0 Å². The van der Waals surface area contributed by atoms with Gasteiger partial charge in [-0.05, 0) is 47.0 Å². The van der Waals surface area contributed by atoms with E-state index in [1.165, 1.54) is 12.3 Å². The lowest BCUT2D eigenvalue weighted by Gasteiger charge is -2.14. The summed E-state index contributed by atoms with van der Waals surface area (Å²) in [5, 5.41) is 4.05. The molecule has 0 atom stereocenters. The van der Waals surface area contributed by atoms with E-state index in [-0.39, 0.29) is 5.69 Å². The van der Waals surface area contributed by atoms with Crippen LogP contribution in [0.1, 0.15) is 16.7 Å². The van der Waals surface area contributed by atoms with Crippen molar-refractivity contribution in [3.05, 3.63) is 125 Å². The summed E-state index contributed by atoms with van der Waals surface area (Å²) in [5.74, 6) is -0.201. The lowest BCUT2D eigenvalue weighted by molar-refractivity contribution is 0.256. The maximum atomic E-state index is 13.8. The van der Waals surface area contributed by atoms with Gasteiger partial charge in [-0.2, -0.15) is 5.10 Å². The molecule has 0 radical (unpaired) electrons. The van der Waals surface area contributed by atoms with Gasteiger partial charge in [0, 0.05) is 6.07 Å². The SMILES string of the molecule is Fc1ccc(N/N=C\c2ccc(OCc3ccccc3)c(OCc3ccccc3)c2)c(F)c1. The third-order valence-electron chi connectivity index (χ3n) is 4.77. The molecule has 0 saturated carbocycles. The fourth-order valence-corrected chi connectivity index (χ4v) is 3.06. The van der Waals surface area contributed by atoms with E-state index in [9.17, 15) is 8.78 Å². The van der Waals surface area contributed by atoms with Gasteiger partial charge in [0.05, 0.1) is 11.9 Å². The van der Waals surface area contributed by atoms with Crippen LogP contribution in [0.4, 0.5) is 14.5 Å². The smallest absolute Gasteiger partial charge is 0.162 e. The fraction of sp³-hybridized carbons (Fsp3) is 0.0741. The summed E-state index contributed by atoms with van der Waals surface area (Å²) in [6, 6.07) is 28.4. The Hall–Kier alpha value is -4.19. The average Bonchev–Trinajstić information content (AvgIpc) is 2.85. The Balaban J connectivity index is 1.49. The summed E-state index contributed by atoms with van der Waals surface area (Å²) >= 11 is 0. The van der Waals surface area contributed by atoms with Crippen LogP contribution in [0.5, 0.6) is 11.5 Å². The number of hydrogen-bond donors (Lipinski definition) is 1. The minimum Gasteiger partial charge on any atom is -0.485 e. The topological polar surface area (TPSA) is 42.9 Å². The number of hydrogen-bond acceptors (Lipinski definition) is 4. The zero-order chi connectivity index (χ0) is 22.9. The highest BCUT2D eigenvalue weighted by Gasteiger charge is 2.08. The van der Waals surface area contributed by atoms with Crippen molar-refractivity contribution in [3.8, 4) is 11.5 Å². The number of nitrogens with one attached hydrogen (secondary N) is 1. The highest BCUT2D eigenvalue weighted by Crippen LogP contribution is 2.30. The van der Waals surface area contributed by atoms with E-state index in [1.54, 1.807) is 6.07 Å². The summed E-state index contributed by atoms with van der Waals surface area (Å²) in [6.07, 6.45) is 1.53. The van der Waals surface area contributed by atoms with E-state index in [4.69, 9.17) is 9.47 Å². The molecule has 0 aliphatic heterocycles. The second-order valence-electron chi connectivity index (χ2n) is 7.25. The zero-order valence-electron chi connectivity index (χ0n) is 17.7. The van der Waals surface area contributed by atoms with Gasteiger partial charge in [0.25, 0.3) is 0 Å². The van der Waals surface area contributed by atoms with Crippen LogP contribution in [0.3, 0.4) is 0 Å². The molecule has 0 saturated heterocycles. The van der Waals surface area contributed by atoms with Crippen LogP contribution >= 0.6 is 0 Å². The molecule has 4 aromatic rings. The molecule has 0 amide bonds. The van der Waals surface area contributed by atoms with Crippen molar-refractivity contribution < 1.29 is 18.3 Å². The number of nitrogens with zero attached hydrogens (tertiary/aromatic N) is 1. The molecule has 0 fully saturated rings. The van der Waals surface area contributed by atoms with Gasteiger partial charge in [-0.1, -0.05) is 60.7 Å². The van der Waals surface area contributed by atoms with Crippen LogP contribution in [0.2, 0.25) is 0 Å². The normalized spacial score (nSPS) is 10.8. The first-order chi connectivity index (χ1) is 16.2. The molecule has 0 aliphatic rings. The van der Waals surface area contributed by atoms with E-state index in [1.807, 2.05) is 72.8 Å². The first-order valence-corrected chi connectivity index (χ1v) is 10.4. The molecule has 4 nitrogen and oxygen atoms in total. The minimum absolute atomic E-state index is 0.0796. The van der Waals surface area contributed by atoms with Gasteiger partial charge >= 0.3 is 0 Å². The molecule has 33 heavy (non-hydrogen) atoms. The summed E-state index contributed by atoms with van der Waals surface area (Å²) in [5.41, 5.74) is 5.46. The third kappa shape index (κ3) is 6.40. The van der Waals surface area contributed by atoms with Crippen molar-refractivity contribution >= 4 is 11.9 Å². The van der Waals surface area contributed by atoms with Crippen molar-refractivity contribution in [1.82, 2.24) is 0 Å². The lowest BCUT2D eigenvalue weighted by Crippen LogP contribution is -2.01. The Morgan fingerprint density at radius 2 is 1.33 bits per heavy atom. The molecule has 0 heterocycles. The second kappa shape index (κ2) is 10.9. The highest BCUT2D eigenvalue weighted by molar-refractivity contribution is 5.81. The fourth-order valence-electron chi connectivity index (χ4n) is 3.06. The Bertz CT molecular complexity index is 1220. The van der Waals surface area contributed by atoms with E-state index >= 15 is 0 Å². The van der Waals surface area contributed by atoms with Crippen molar-refractivity contribution in [2.24, 2.45) is 5.10 Å². The van der Waals surface area contributed by atoms with Gasteiger partial charge in [0.2, 0.25) is 0 Å². The molecular formula is C27H22F2N2O2. The Morgan fingerprint density at radius 3 is 1.97 bits per heavy atom. The van der Waals surface area contributed by atoms with Crippen molar-refractivity contribution in [1.29, 1.82) is 0 Å². The van der Waals surface area contributed by atoms with E-state index in [2.05, 4.69) is 10.5 Å². The molecular weight excluding hydrogens is 422 g/mol. The maximum absolute atomic E-state index is 13.8. The van der Waals surface area contributed by atoms with Crippen LogP contribution in [-0.2, 0) is 13.2 Å². The average molecular weight is 444 g/mol. The Labute approximate surface area is 191 Å². The quantitative estimate of drug-likeness (QED) is 0.235. The van der Waals surface area contributed by atoms with E-state index in [0.717, 1.165) is 28.8 Å². The van der Waals surface area contributed by atoms with Gasteiger partial charge in [0.15, 0.2) is 17.3 Å². The van der Waals surface area contributed by atoms with Crippen molar-refractivity contribution in [2.75, 3.05) is 5.43 Å². The van der Waals surface area contributed by atoms with Crippen LogP contribution < -0.4 is 14.9 Å². The van der Waals surface area contributed by atoms with Crippen LogP contribution in [-0.4, -0.2) is 6.21 Å². The van der Waals surface area contributed by atoms with Gasteiger partial charge in [0.1, 0.15) is 19.0 Å². The third-order valence-corrected chi connectivity index (χ3v) is 4.77. The monoisotopic (exact) mass is 444 g/mol. The van der Waals surface area contributed by atoms with Crippen LogP contribution in [0, 0.1) is 11.6 Å². The molecule has 0 bridgehead atoms. The lowest BCUT2D eigenvalue weighted by atomic mass is 10.2. The summed E-state index contributed by atoms with van der Waals surface area (Å²) in [4.78, 5) is 0. The molecule has 166 valence electrons. The number of ether oxygens (including phenoxy) is 2. The molecule has 0 aliphatic carbocycles. The molecule has 0 unspecified atom stereocenters. The first kappa shape index (κ1) is 22.0. The predicted octanol–water partition coefficient (Wildman–Crippen LogP) is 6.57. The number of anilines is 1. The summed E-state index contributed by atoms with van der Waals surface area (Å²) in [6.45, 7) is 0.781. The maximum Gasteiger partial charge on any atom is 0.162 e. The van der Waals surface area contributed by atoms with Gasteiger partial charge in [-0.25, -0.2) is 8.78 Å². The number of halogens is 2. The molecule has 0 aromatic heterocycles. The standard InChI is InChI=1S/C27H22F2N2O2/c28-23-12-13-25(24(29)16-23)31-30-17-22-11-14-26(32-18-20-7-3-1-4-8-20)27(15-22)33-19-21-9-5-2-6-10-21/h1-17,31H,18-19H2/b30-17-. The number of benzene rings is 4. The molecule has 0 spiro atoms. The number of rotatable bonds is 9. The van der Waals surface area contributed by atoms with Gasteiger partial charge < -0.3 is 9.47 Å². The van der Waals surface area contributed by atoms with Gasteiger partial charge in [-0.15, -0.1) is 0 Å². The predicted molar refractivity (Wildman–Crippen MR) is 126 cm³/mol. The Morgan fingerprint density at radius 1 is 0.697 bits per heavy atom. The van der Waals surface area contributed by atoms with Crippen LogP contribution in [0.15, 0.2) is 102 Å². The van der Waals surface area contributed by atoms with Crippen molar-refractivity contribution in [3.63, 3.8) is 0 Å². The minimum atomic E-state index is -0.719. The molecule has 4 rings (SSSR count). The summed E-state index contributed by atoms with van der Waals surface area (Å²) in [7, 11) is 0. The summed E-state index contributed by atoms with van der Waals surface area (Å²) < 4.78 is 38.9. The van der Waals surface area contributed by atoms with Gasteiger partial charge in [-0.3, -0.25) is 5.43 Å². The second-order valence-corrected chi connectivity index (χ2v) is 7.25. The molecule has 1 N–H and O–H groups in total. The molecule has 6 heteroatoms. The zero-order valence-corrected chi connectivity index (χ0v) is 17.7. The van der Waals surface area contributed by atoms with Crippen molar-refractivity contribution in [2.45, 2.75) is 13.2 Å². The van der Waals surface area contributed by atoms with E-state index in [0.29, 0.717) is 24.7 Å².